The van der Waals surface area contributed by atoms with Crippen molar-refractivity contribution in [3.05, 3.63) is 35.4 Å². The summed E-state index contributed by atoms with van der Waals surface area (Å²) in [4.78, 5) is 10.8. The van der Waals surface area contributed by atoms with Gasteiger partial charge >= 0.3 is 0 Å². The van der Waals surface area contributed by atoms with Crippen LogP contribution in [-0.2, 0) is 11.3 Å². The quantitative estimate of drug-likeness (QED) is 0.729. The first-order valence-corrected chi connectivity index (χ1v) is 4.83. The first-order valence-electron chi connectivity index (χ1n) is 4.83. The molecule has 3 heteroatoms. The molecule has 1 aliphatic rings. The summed E-state index contributed by atoms with van der Waals surface area (Å²) in [5.74, 6) is 0.0242. The van der Waals surface area contributed by atoms with Gasteiger partial charge in [0, 0.05) is 20.0 Å². The number of benzene rings is 1. The van der Waals surface area contributed by atoms with Gasteiger partial charge in [0.25, 0.3) is 0 Å². The molecule has 0 aliphatic carbocycles. The van der Waals surface area contributed by atoms with Gasteiger partial charge in [0.1, 0.15) is 0 Å². The van der Waals surface area contributed by atoms with E-state index >= 15 is 0 Å². The van der Waals surface area contributed by atoms with E-state index in [1.165, 1.54) is 11.1 Å². The molecule has 1 unspecified atom stereocenters. The minimum Gasteiger partial charge on any atom is -0.354 e. The third-order valence-corrected chi connectivity index (χ3v) is 2.52. The van der Waals surface area contributed by atoms with Gasteiger partial charge in [0.05, 0.1) is 6.04 Å². The summed E-state index contributed by atoms with van der Waals surface area (Å²) < 4.78 is 0. The molecule has 2 rings (SSSR count). The van der Waals surface area contributed by atoms with E-state index in [1.54, 1.807) is 6.92 Å². The van der Waals surface area contributed by atoms with Crippen molar-refractivity contribution in [2.75, 3.05) is 6.54 Å². The second-order valence-corrected chi connectivity index (χ2v) is 3.57. The summed E-state index contributed by atoms with van der Waals surface area (Å²) >= 11 is 0. The molecule has 0 fully saturated rings. The van der Waals surface area contributed by atoms with Crippen LogP contribution in [0.15, 0.2) is 24.3 Å². The normalized spacial score (nSPS) is 19.1. The monoisotopic (exact) mass is 190 g/mol. The van der Waals surface area contributed by atoms with E-state index in [-0.39, 0.29) is 11.9 Å². The molecule has 0 spiro atoms. The van der Waals surface area contributed by atoms with Crippen molar-refractivity contribution in [3.63, 3.8) is 0 Å². The van der Waals surface area contributed by atoms with Crippen molar-refractivity contribution in [1.82, 2.24) is 10.6 Å². The zero-order valence-corrected chi connectivity index (χ0v) is 8.21. The summed E-state index contributed by atoms with van der Waals surface area (Å²) in [7, 11) is 0. The largest absolute Gasteiger partial charge is 0.354 e. The van der Waals surface area contributed by atoms with Crippen LogP contribution in [0.5, 0.6) is 0 Å². The molecule has 1 aromatic carbocycles. The van der Waals surface area contributed by atoms with Crippen LogP contribution in [0.3, 0.4) is 0 Å². The lowest BCUT2D eigenvalue weighted by Gasteiger charge is -2.11. The summed E-state index contributed by atoms with van der Waals surface area (Å²) in [5.41, 5.74) is 2.64. The van der Waals surface area contributed by atoms with Crippen molar-refractivity contribution < 1.29 is 4.79 Å². The highest BCUT2D eigenvalue weighted by molar-refractivity contribution is 5.72. The molecule has 74 valence electrons. The Morgan fingerprint density at radius 1 is 1.57 bits per heavy atom. The van der Waals surface area contributed by atoms with Crippen molar-refractivity contribution in [1.29, 1.82) is 0 Å². The lowest BCUT2D eigenvalue weighted by atomic mass is 10.1. The van der Waals surface area contributed by atoms with Gasteiger partial charge in [-0.15, -0.1) is 0 Å². The second kappa shape index (κ2) is 3.80. The Morgan fingerprint density at radius 3 is 3.14 bits per heavy atom. The van der Waals surface area contributed by atoms with Gasteiger partial charge in [-0.1, -0.05) is 24.3 Å². The Balaban J connectivity index is 2.07. The number of amides is 1. The Labute approximate surface area is 83.5 Å². The zero-order chi connectivity index (χ0) is 9.97. The number of fused-ring (bicyclic) bond motifs is 1. The molecular weight excluding hydrogens is 176 g/mol. The number of hydrogen-bond donors (Lipinski definition) is 2. The van der Waals surface area contributed by atoms with E-state index in [2.05, 4.69) is 22.8 Å². The van der Waals surface area contributed by atoms with Gasteiger partial charge in [-0.05, 0) is 11.1 Å². The fourth-order valence-corrected chi connectivity index (χ4v) is 1.81. The van der Waals surface area contributed by atoms with Crippen LogP contribution in [0.25, 0.3) is 0 Å². The molecule has 0 saturated heterocycles. The van der Waals surface area contributed by atoms with E-state index in [0.717, 1.165) is 6.54 Å². The molecule has 1 aromatic rings. The van der Waals surface area contributed by atoms with E-state index in [0.29, 0.717) is 6.54 Å². The summed E-state index contributed by atoms with van der Waals surface area (Å²) in [6.45, 7) is 3.12. The van der Waals surface area contributed by atoms with Crippen LogP contribution < -0.4 is 10.6 Å². The fraction of sp³-hybridized carbons (Fsp3) is 0.364. The average molecular weight is 190 g/mol. The molecule has 0 radical (unpaired) electrons. The molecule has 1 amide bonds. The smallest absolute Gasteiger partial charge is 0.216 e. The van der Waals surface area contributed by atoms with Gasteiger partial charge in [-0.2, -0.15) is 0 Å². The third kappa shape index (κ3) is 1.77. The first-order chi connectivity index (χ1) is 6.77. The van der Waals surface area contributed by atoms with E-state index in [9.17, 15) is 4.79 Å². The van der Waals surface area contributed by atoms with Gasteiger partial charge in [-0.25, -0.2) is 0 Å². The van der Waals surface area contributed by atoms with Crippen LogP contribution >= 0.6 is 0 Å². The summed E-state index contributed by atoms with van der Waals surface area (Å²) in [5, 5.41) is 6.19. The third-order valence-electron chi connectivity index (χ3n) is 2.52. The SMILES string of the molecule is CC(=O)NCC1NCc2ccccc21. The molecule has 1 heterocycles. The van der Waals surface area contributed by atoms with Gasteiger partial charge in [0.2, 0.25) is 5.91 Å². The highest BCUT2D eigenvalue weighted by atomic mass is 16.1. The van der Waals surface area contributed by atoms with Crippen molar-refractivity contribution >= 4 is 5.91 Å². The number of carbonyl (C=O) groups excluding carboxylic acids is 1. The molecule has 14 heavy (non-hydrogen) atoms. The molecular formula is C11H14N2O. The van der Waals surface area contributed by atoms with Crippen molar-refractivity contribution in [2.45, 2.75) is 19.5 Å². The molecule has 1 aliphatic heterocycles. The number of hydrogen-bond acceptors (Lipinski definition) is 2. The maximum Gasteiger partial charge on any atom is 0.216 e. The number of carbonyl (C=O) groups is 1. The Hall–Kier alpha value is -1.35. The number of nitrogens with one attached hydrogen (secondary N) is 2. The van der Waals surface area contributed by atoms with Crippen LogP contribution in [0, 0.1) is 0 Å². The number of rotatable bonds is 2. The molecule has 0 aromatic heterocycles. The standard InChI is InChI=1S/C11H14N2O/c1-8(14)12-7-11-10-5-3-2-4-9(10)6-13-11/h2-5,11,13H,6-7H2,1H3,(H,12,14). The summed E-state index contributed by atoms with van der Waals surface area (Å²) in [6.07, 6.45) is 0. The lowest BCUT2D eigenvalue weighted by Crippen LogP contribution is -2.30. The Kier molecular flexibility index (Phi) is 2.50. The lowest BCUT2D eigenvalue weighted by molar-refractivity contribution is -0.119. The predicted octanol–water partition coefficient (Wildman–Crippen LogP) is 0.967. The van der Waals surface area contributed by atoms with Crippen LogP contribution in [-0.4, -0.2) is 12.5 Å². The Morgan fingerprint density at radius 2 is 2.36 bits per heavy atom. The van der Waals surface area contributed by atoms with Gasteiger partial charge in [-0.3, -0.25) is 4.79 Å². The highest BCUT2D eigenvalue weighted by Gasteiger charge is 2.20. The predicted molar refractivity (Wildman–Crippen MR) is 54.7 cm³/mol. The van der Waals surface area contributed by atoms with Gasteiger partial charge in [0.15, 0.2) is 0 Å². The minimum absolute atomic E-state index is 0.0242. The fourth-order valence-electron chi connectivity index (χ4n) is 1.81. The maximum atomic E-state index is 10.8. The van der Waals surface area contributed by atoms with Crippen LogP contribution in [0.1, 0.15) is 24.1 Å². The molecule has 2 N–H and O–H groups in total. The van der Waals surface area contributed by atoms with Crippen LogP contribution in [0.4, 0.5) is 0 Å². The maximum absolute atomic E-state index is 10.8. The highest BCUT2D eigenvalue weighted by Crippen LogP contribution is 2.23. The topological polar surface area (TPSA) is 41.1 Å². The second-order valence-electron chi connectivity index (χ2n) is 3.57. The zero-order valence-electron chi connectivity index (χ0n) is 8.21. The van der Waals surface area contributed by atoms with Crippen molar-refractivity contribution in [2.24, 2.45) is 0 Å². The summed E-state index contributed by atoms with van der Waals surface area (Å²) in [6, 6.07) is 8.58. The van der Waals surface area contributed by atoms with Gasteiger partial charge < -0.3 is 10.6 Å². The minimum atomic E-state index is 0.0242. The molecule has 1 atom stereocenters. The molecule has 3 nitrogen and oxygen atoms in total. The Bertz CT molecular complexity index is 349. The molecule has 0 bridgehead atoms. The van der Waals surface area contributed by atoms with E-state index in [4.69, 9.17) is 0 Å². The van der Waals surface area contributed by atoms with Crippen molar-refractivity contribution in [3.8, 4) is 0 Å². The van der Waals surface area contributed by atoms with E-state index < -0.39 is 0 Å². The van der Waals surface area contributed by atoms with Crippen LogP contribution in [0.2, 0.25) is 0 Å². The first kappa shape index (κ1) is 9.21. The molecule has 0 saturated carbocycles. The van der Waals surface area contributed by atoms with E-state index in [1.807, 2.05) is 12.1 Å². The average Bonchev–Trinajstić information content (AvgIpc) is 2.58.